The van der Waals surface area contributed by atoms with Gasteiger partial charge in [-0.05, 0) is 38.2 Å². The quantitative estimate of drug-likeness (QED) is 0.443. The van der Waals surface area contributed by atoms with Gasteiger partial charge in [0, 0.05) is 0 Å². The van der Waals surface area contributed by atoms with Crippen LogP contribution in [0.5, 0.6) is 0 Å². The SMILES string of the molecule is C=CC.CCC.CCCCC(CCCC)=C1C=CC=C1. The molecule has 1 rings (SSSR count). The lowest BCUT2D eigenvalue weighted by atomic mass is 9.98. The van der Waals surface area contributed by atoms with Gasteiger partial charge >= 0.3 is 0 Å². The van der Waals surface area contributed by atoms with E-state index in [9.17, 15) is 0 Å². The molecule has 0 aromatic heterocycles. The molecule has 0 unspecified atom stereocenters. The van der Waals surface area contributed by atoms with Crippen LogP contribution in [0.25, 0.3) is 0 Å². The zero-order chi connectivity index (χ0) is 15.6. The van der Waals surface area contributed by atoms with Crippen LogP contribution in [0.4, 0.5) is 0 Å². The van der Waals surface area contributed by atoms with Crippen molar-refractivity contribution in [2.45, 2.75) is 79.6 Å². The maximum atomic E-state index is 3.36. The molecule has 0 heterocycles. The zero-order valence-corrected chi connectivity index (χ0v) is 14.5. The van der Waals surface area contributed by atoms with Crippen molar-refractivity contribution in [1.82, 2.24) is 0 Å². The summed E-state index contributed by atoms with van der Waals surface area (Å²) in [7, 11) is 0. The van der Waals surface area contributed by atoms with E-state index in [0.717, 1.165) is 0 Å². The van der Waals surface area contributed by atoms with Gasteiger partial charge in [-0.25, -0.2) is 0 Å². The van der Waals surface area contributed by atoms with Crippen molar-refractivity contribution >= 4 is 0 Å². The molecule has 0 saturated carbocycles. The highest BCUT2D eigenvalue weighted by atomic mass is 14.1. The highest BCUT2D eigenvalue weighted by Crippen LogP contribution is 2.23. The van der Waals surface area contributed by atoms with Crippen LogP contribution in [0, 0.1) is 0 Å². The van der Waals surface area contributed by atoms with Crippen LogP contribution in [-0.4, -0.2) is 0 Å². The summed E-state index contributed by atoms with van der Waals surface area (Å²) in [5, 5.41) is 0. The van der Waals surface area contributed by atoms with E-state index in [-0.39, 0.29) is 0 Å². The normalized spacial score (nSPS) is 11.3. The summed E-state index contributed by atoms with van der Waals surface area (Å²) in [5.74, 6) is 0. The lowest BCUT2D eigenvalue weighted by Crippen LogP contribution is -1.89. The van der Waals surface area contributed by atoms with E-state index in [1.807, 2.05) is 6.92 Å². The third-order valence-electron chi connectivity index (χ3n) is 2.74. The zero-order valence-electron chi connectivity index (χ0n) is 14.5. The van der Waals surface area contributed by atoms with Gasteiger partial charge in [-0.15, -0.1) is 6.58 Å². The van der Waals surface area contributed by atoms with E-state index in [1.54, 1.807) is 11.6 Å². The van der Waals surface area contributed by atoms with Gasteiger partial charge in [0.25, 0.3) is 0 Å². The molecule has 1 aliphatic rings. The van der Waals surface area contributed by atoms with E-state index in [2.05, 4.69) is 58.6 Å². The van der Waals surface area contributed by atoms with Gasteiger partial charge in [0.15, 0.2) is 0 Å². The van der Waals surface area contributed by atoms with Gasteiger partial charge in [0.2, 0.25) is 0 Å². The topological polar surface area (TPSA) is 0 Å². The van der Waals surface area contributed by atoms with Crippen LogP contribution in [0.2, 0.25) is 0 Å². The van der Waals surface area contributed by atoms with Gasteiger partial charge in [-0.2, -0.15) is 0 Å². The van der Waals surface area contributed by atoms with Crippen LogP contribution in [0.1, 0.15) is 79.6 Å². The molecular weight excluding hydrogens is 240 g/mol. The molecule has 0 nitrogen and oxygen atoms in total. The smallest absolute Gasteiger partial charge is 0.0265 e. The highest BCUT2D eigenvalue weighted by Gasteiger charge is 2.03. The van der Waals surface area contributed by atoms with Crippen molar-refractivity contribution in [2.24, 2.45) is 0 Å². The molecule has 116 valence electrons. The first kappa shape index (κ1) is 21.3. The summed E-state index contributed by atoms with van der Waals surface area (Å²) in [5.41, 5.74) is 3.14. The molecule has 0 aromatic carbocycles. The first-order chi connectivity index (χ1) is 9.71. The predicted molar refractivity (Wildman–Crippen MR) is 96.2 cm³/mol. The minimum atomic E-state index is 1.25. The average Bonchev–Trinajstić information content (AvgIpc) is 2.95. The second-order valence-corrected chi connectivity index (χ2v) is 5.10. The molecule has 0 N–H and O–H groups in total. The molecule has 0 aromatic rings. The monoisotopic (exact) mass is 276 g/mol. The van der Waals surface area contributed by atoms with Crippen molar-refractivity contribution < 1.29 is 0 Å². The van der Waals surface area contributed by atoms with Crippen LogP contribution < -0.4 is 0 Å². The van der Waals surface area contributed by atoms with Gasteiger partial charge in [0.05, 0.1) is 0 Å². The summed E-state index contributed by atoms with van der Waals surface area (Å²) in [6, 6.07) is 0. The minimum absolute atomic E-state index is 1.25. The van der Waals surface area contributed by atoms with E-state index in [1.165, 1.54) is 50.5 Å². The molecule has 0 bridgehead atoms. The van der Waals surface area contributed by atoms with E-state index in [4.69, 9.17) is 0 Å². The van der Waals surface area contributed by atoms with E-state index >= 15 is 0 Å². The fourth-order valence-electron chi connectivity index (χ4n) is 1.80. The average molecular weight is 277 g/mol. The molecule has 0 heteroatoms. The molecule has 1 aliphatic carbocycles. The number of hydrogen-bond acceptors (Lipinski definition) is 0. The Balaban J connectivity index is 0. The summed E-state index contributed by atoms with van der Waals surface area (Å²) in [6.07, 6.45) is 19.7. The van der Waals surface area contributed by atoms with Crippen LogP contribution in [0.3, 0.4) is 0 Å². The Morgan fingerprint density at radius 3 is 1.60 bits per heavy atom. The fraction of sp³-hybridized carbons (Fsp3) is 0.600. The molecule has 20 heavy (non-hydrogen) atoms. The number of unbranched alkanes of at least 4 members (excludes halogenated alkanes) is 2. The summed E-state index contributed by atoms with van der Waals surface area (Å²) in [6.45, 7) is 14.0. The molecule has 0 aliphatic heterocycles. The Hall–Kier alpha value is -1.04. The van der Waals surface area contributed by atoms with Crippen LogP contribution in [0.15, 0.2) is 48.1 Å². The Kier molecular flexibility index (Phi) is 19.1. The third kappa shape index (κ3) is 13.4. The number of rotatable bonds is 6. The summed E-state index contributed by atoms with van der Waals surface area (Å²) < 4.78 is 0. The number of hydrogen-bond donors (Lipinski definition) is 0. The Morgan fingerprint density at radius 2 is 1.30 bits per heavy atom. The van der Waals surface area contributed by atoms with Crippen molar-refractivity contribution in [3.63, 3.8) is 0 Å². The Morgan fingerprint density at radius 1 is 0.950 bits per heavy atom. The van der Waals surface area contributed by atoms with E-state index in [0.29, 0.717) is 0 Å². The van der Waals surface area contributed by atoms with Gasteiger partial charge in [-0.3, -0.25) is 0 Å². The van der Waals surface area contributed by atoms with Crippen molar-refractivity contribution in [1.29, 1.82) is 0 Å². The van der Waals surface area contributed by atoms with Crippen molar-refractivity contribution in [3.05, 3.63) is 48.1 Å². The van der Waals surface area contributed by atoms with Crippen molar-refractivity contribution in [3.8, 4) is 0 Å². The predicted octanol–water partition coefficient (Wildman–Crippen LogP) is 7.40. The first-order valence-corrected chi connectivity index (χ1v) is 8.35. The Labute approximate surface area is 128 Å². The van der Waals surface area contributed by atoms with Crippen LogP contribution >= 0.6 is 0 Å². The molecule has 0 saturated heterocycles. The largest absolute Gasteiger partial charge is 0.103 e. The summed E-state index contributed by atoms with van der Waals surface area (Å²) >= 11 is 0. The van der Waals surface area contributed by atoms with Crippen molar-refractivity contribution in [2.75, 3.05) is 0 Å². The van der Waals surface area contributed by atoms with Crippen LogP contribution in [-0.2, 0) is 0 Å². The highest BCUT2D eigenvalue weighted by molar-refractivity contribution is 5.43. The molecule has 0 radical (unpaired) electrons. The lowest BCUT2D eigenvalue weighted by molar-refractivity contribution is 0.709. The minimum Gasteiger partial charge on any atom is -0.103 e. The maximum absolute atomic E-state index is 3.36. The Bertz CT molecular complexity index is 265. The lowest BCUT2D eigenvalue weighted by Gasteiger charge is -2.08. The second kappa shape index (κ2) is 18.0. The molecule has 0 amide bonds. The fourth-order valence-corrected chi connectivity index (χ4v) is 1.80. The molecular formula is C20H36. The molecule has 0 spiro atoms. The van der Waals surface area contributed by atoms with E-state index < -0.39 is 0 Å². The molecule has 0 atom stereocenters. The second-order valence-electron chi connectivity index (χ2n) is 5.10. The third-order valence-corrected chi connectivity index (χ3v) is 2.74. The number of allylic oxidation sites excluding steroid dienone is 7. The molecule has 0 fully saturated rings. The van der Waals surface area contributed by atoms with Gasteiger partial charge < -0.3 is 0 Å². The van der Waals surface area contributed by atoms with Gasteiger partial charge in [-0.1, -0.05) is 82.9 Å². The first-order valence-electron chi connectivity index (χ1n) is 8.35. The van der Waals surface area contributed by atoms with Gasteiger partial charge in [0.1, 0.15) is 0 Å². The maximum Gasteiger partial charge on any atom is -0.0265 e. The summed E-state index contributed by atoms with van der Waals surface area (Å²) in [4.78, 5) is 0. The standard InChI is InChI=1S/C14H22.C3H8.C3H6/c1-3-5-9-13(10-6-4-2)14-11-7-8-12-14;2*1-3-2/h7-8,11-12H,3-6,9-10H2,1-2H3;3H2,1-2H3;3H,1H2,2H3.